The number of carbonyl (C=O) groups is 2. The van der Waals surface area contributed by atoms with Crippen molar-refractivity contribution < 1.29 is 37.9 Å². The van der Waals surface area contributed by atoms with Gasteiger partial charge in [-0.3, -0.25) is 18.6 Å². The Morgan fingerprint density at radius 1 is 0.705 bits per heavy atom. The van der Waals surface area contributed by atoms with Gasteiger partial charge in [-0.05, 0) is 44.9 Å². The summed E-state index contributed by atoms with van der Waals surface area (Å²) in [5.41, 5.74) is 0. The van der Waals surface area contributed by atoms with Crippen LogP contribution in [0.25, 0.3) is 0 Å². The molecule has 0 aliphatic rings. The van der Waals surface area contributed by atoms with E-state index in [4.69, 9.17) is 13.8 Å². The highest BCUT2D eigenvalue weighted by atomic mass is 31.2. The van der Waals surface area contributed by atoms with E-state index in [0.717, 1.165) is 38.5 Å². The molecule has 0 saturated heterocycles. The number of amides is 1. The number of allylic oxidation sites excluding steroid dienone is 4. The van der Waals surface area contributed by atoms with Crippen molar-refractivity contribution in [1.82, 2.24) is 5.32 Å². The summed E-state index contributed by atoms with van der Waals surface area (Å²) in [5, 5.41) is 12.5. The molecule has 0 aliphatic carbocycles. The van der Waals surface area contributed by atoms with Crippen LogP contribution in [0.1, 0.15) is 149 Å². The van der Waals surface area contributed by atoms with E-state index in [1.165, 1.54) is 83.5 Å². The maximum Gasteiger partial charge on any atom is 0.472 e. The van der Waals surface area contributed by atoms with Gasteiger partial charge in [0.05, 0.1) is 13.2 Å². The Kier molecular flexibility index (Phi) is 30.4. The number of hydrogen-bond donors (Lipinski definition) is 3. The van der Waals surface area contributed by atoms with Crippen LogP contribution in [0.3, 0.4) is 0 Å². The van der Waals surface area contributed by atoms with Crippen LogP contribution < -0.4 is 5.32 Å². The van der Waals surface area contributed by atoms with Crippen LogP contribution in [0.2, 0.25) is 0 Å². The summed E-state index contributed by atoms with van der Waals surface area (Å²) in [6.07, 6.45) is 30.7. The van der Waals surface area contributed by atoms with Crippen LogP contribution >= 0.6 is 7.82 Å². The summed E-state index contributed by atoms with van der Waals surface area (Å²) in [7, 11) is -4.38. The molecule has 0 bridgehead atoms. The van der Waals surface area contributed by atoms with Gasteiger partial charge in [0, 0.05) is 19.4 Å². The fourth-order valence-electron chi connectivity index (χ4n) is 4.45. The topological polar surface area (TPSA) is 131 Å². The quantitative estimate of drug-likeness (QED) is 0.0287. The number of carbonyl (C=O) groups excluding carboxylic acids is 2. The summed E-state index contributed by atoms with van der Waals surface area (Å²) in [6.45, 7) is 3.26. The minimum absolute atomic E-state index is 0.0765. The number of ether oxygens (including phenoxy) is 1. The first-order valence-electron chi connectivity index (χ1n) is 17.3. The van der Waals surface area contributed by atoms with Crippen LogP contribution in [0.5, 0.6) is 0 Å². The fourth-order valence-corrected chi connectivity index (χ4v) is 5.20. The van der Waals surface area contributed by atoms with E-state index >= 15 is 0 Å². The first kappa shape index (κ1) is 42.5. The zero-order chi connectivity index (χ0) is 32.6. The molecule has 2 unspecified atom stereocenters. The number of phosphoric ester groups is 1. The van der Waals surface area contributed by atoms with Crippen LogP contribution in [0, 0.1) is 0 Å². The van der Waals surface area contributed by atoms with Gasteiger partial charge in [-0.1, -0.05) is 115 Å². The van der Waals surface area contributed by atoms with Gasteiger partial charge in [-0.15, -0.1) is 0 Å². The molecule has 0 fully saturated rings. The van der Waals surface area contributed by atoms with Crippen LogP contribution in [-0.2, 0) is 27.9 Å². The number of aliphatic hydroxyl groups is 1. The number of aliphatic hydroxyl groups excluding tert-OH is 1. The predicted molar refractivity (Wildman–Crippen MR) is 178 cm³/mol. The lowest BCUT2D eigenvalue weighted by atomic mass is 10.0. The number of nitrogens with one attached hydrogen (secondary N) is 1. The van der Waals surface area contributed by atoms with Crippen molar-refractivity contribution in [2.45, 2.75) is 155 Å². The minimum Gasteiger partial charge on any atom is -0.463 e. The van der Waals surface area contributed by atoms with Gasteiger partial charge < -0.3 is 20.1 Å². The Hall–Kier alpha value is -1.51. The minimum atomic E-state index is -4.38. The normalized spacial score (nSPS) is 13.8. The Labute approximate surface area is 268 Å². The lowest BCUT2D eigenvalue weighted by Gasteiger charge is -2.15. The van der Waals surface area contributed by atoms with Gasteiger partial charge in [0.25, 0.3) is 0 Å². The van der Waals surface area contributed by atoms with E-state index in [0.29, 0.717) is 6.42 Å². The Balaban J connectivity index is 3.53. The average Bonchev–Trinajstić information content (AvgIpc) is 3.00. The van der Waals surface area contributed by atoms with Crippen molar-refractivity contribution in [3.05, 3.63) is 24.3 Å². The smallest absolute Gasteiger partial charge is 0.463 e. The Morgan fingerprint density at radius 3 is 1.84 bits per heavy atom. The summed E-state index contributed by atoms with van der Waals surface area (Å²) in [4.78, 5) is 33.1. The summed E-state index contributed by atoms with van der Waals surface area (Å²) < 4.78 is 26.4. The zero-order valence-electron chi connectivity index (χ0n) is 27.9. The SMILES string of the molecule is CCCCC/C=C\C/C=C\CCCCCCCCCCCCCC(=O)OCC(O)COP(=O)(O)OCCNC(=O)CCCC. The highest BCUT2D eigenvalue weighted by Gasteiger charge is 2.23. The largest absolute Gasteiger partial charge is 0.472 e. The third-order valence-electron chi connectivity index (χ3n) is 7.13. The predicted octanol–water partition coefficient (Wildman–Crippen LogP) is 8.48. The molecular weight excluding hydrogens is 581 g/mol. The molecule has 0 spiro atoms. The second kappa shape index (κ2) is 31.5. The first-order valence-corrected chi connectivity index (χ1v) is 18.8. The Bertz CT molecular complexity index is 789. The lowest BCUT2D eigenvalue weighted by Crippen LogP contribution is -2.27. The molecule has 2 atom stereocenters. The molecule has 0 aromatic rings. The monoisotopic (exact) mass is 645 g/mol. The van der Waals surface area contributed by atoms with E-state index in [1.807, 2.05) is 6.92 Å². The second-order valence-corrected chi connectivity index (χ2v) is 12.9. The van der Waals surface area contributed by atoms with E-state index in [1.54, 1.807) is 0 Å². The molecule has 3 N–H and O–H groups in total. The summed E-state index contributed by atoms with van der Waals surface area (Å²) in [6, 6.07) is 0. The molecule has 1 amide bonds. The highest BCUT2D eigenvalue weighted by molar-refractivity contribution is 7.47. The summed E-state index contributed by atoms with van der Waals surface area (Å²) >= 11 is 0. The van der Waals surface area contributed by atoms with Crippen molar-refractivity contribution in [3.8, 4) is 0 Å². The van der Waals surface area contributed by atoms with Crippen molar-refractivity contribution in [1.29, 1.82) is 0 Å². The lowest BCUT2D eigenvalue weighted by molar-refractivity contribution is -0.147. The average molecular weight is 646 g/mol. The second-order valence-electron chi connectivity index (χ2n) is 11.5. The number of phosphoric acid groups is 1. The standard InChI is InChI=1S/C34H64NO8P/c1-3-5-7-8-9-10-11-12-13-14-15-16-17-18-19-20-21-22-23-24-25-27-34(38)41-30-32(36)31-43-44(39,40)42-29-28-35-33(37)26-6-4-2/h9-10,12-13,32,36H,3-8,11,14-31H2,1-2H3,(H,35,37)(H,39,40)/b10-9-,13-12-. The zero-order valence-corrected chi connectivity index (χ0v) is 28.7. The molecule has 9 nitrogen and oxygen atoms in total. The fraction of sp³-hybridized carbons (Fsp3) is 0.824. The molecule has 10 heteroatoms. The molecule has 0 aromatic carbocycles. The van der Waals surface area contributed by atoms with Gasteiger partial charge in [-0.25, -0.2) is 4.57 Å². The van der Waals surface area contributed by atoms with Crippen LogP contribution in [0.15, 0.2) is 24.3 Å². The van der Waals surface area contributed by atoms with Crippen molar-refractivity contribution in [2.75, 3.05) is 26.4 Å². The molecular formula is C34H64NO8P. The number of hydrogen-bond acceptors (Lipinski definition) is 7. The van der Waals surface area contributed by atoms with E-state index < -0.39 is 26.5 Å². The van der Waals surface area contributed by atoms with Gasteiger partial charge >= 0.3 is 13.8 Å². The van der Waals surface area contributed by atoms with Crippen molar-refractivity contribution >= 4 is 19.7 Å². The maximum absolute atomic E-state index is 11.9. The number of unbranched alkanes of at least 4 members (excludes halogenated alkanes) is 15. The first-order chi connectivity index (χ1) is 21.3. The number of rotatable bonds is 32. The van der Waals surface area contributed by atoms with Crippen molar-refractivity contribution in [3.63, 3.8) is 0 Å². The molecule has 0 saturated carbocycles. The molecule has 0 rings (SSSR count). The van der Waals surface area contributed by atoms with Gasteiger partial charge in [0.1, 0.15) is 12.7 Å². The van der Waals surface area contributed by atoms with Gasteiger partial charge in [0.15, 0.2) is 0 Å². The third kappa shape index (κ3) is 31.9. The Morgan fingerprint density at radius 2 is 1.25 bits per heavy atom. The number of esters is 1. The van der Waals surface area contributed by atoms with E-state index in [9.17, 15) is 24.2 Å². The molecule has 258 valence electrons. The molecule has 0 aliphatic heterocycles. The van der Waals surface area contributed by atoms with Gasteiger partial charge in [0.2, 0.25) is 5.91 Å². The molecule has 44 heavy (non-hydrogen) atoms. The van der Waals surface area contributed by atoms with E-state index in [-0.39, 0.29) is 32.1 Å². The molecule has 0 aromatic heterocycles. The maximum atomic E-state index is 11.9. The van der Waals surface area contributed by atoms with Gasteiger partial charge in [-0.2, -0.15) is 0 Å². The van der Waals surface area contributed by atoms with Crippen LogP contribution in [0.4, 0.5) is 0 Å². The molecule has 0 radical (unpaired) electrons. The van der Waals surface area contributed by atoms with Crippen LogP contribution in [-0.4, -0.2) is 54.3 Å². The summed E-state index contributed by atoms with van der Waals surface area (Å²) in [5.74, 6) is -0.555. The van der Waals surface area contributed by atoms with Crippen molar-refractivity contribution in [2.24, 2.45) is 0 Å². The third-order valence-corrected chi connectivity index (χ3v) is 8.12. The highest BCUT2D eigenvalue weighted by Crippen LogP contribution is 2.42. The molecule has 0 heterocycles. The van der Waals surface area contributed by atoms with E-state index in [2.05, 4.69) is 36.5 Å².